The summed E-state index contributed by atoms with van der Waals surface area (Å²) < 4.78 is 13.4. The van der Waals surface area contributed by atoms with Crippen molar-refractivity contribution in [2.75, 3.05) is 10.7 Å². The Bertz CT molecular complexity index is 656. The lowest BCUT2D eigenvalue weighted by Crippen LogP contribution is -2.13. The lowest BCUT2D eigenvalue weighted by atomic mass is 10.1. The van der Waals surface area contributed by atoms with Gasteiger partial charge in [0.1, 0.15) is 5.82 Å². The number of halogens is 1. The molecule has 2 rings (SSSR count). The highest BCUT2D eigenvalue weighted by Gasteiger charge is 2.09. The summed E-state index contributed by atoms with van der Waals surface area (Å²) in [6.45, 7) is 3.51. The molecular weight excluding hydrogens is 257 g/mol. The SMILES string of the molecule is Cc1ccc(NC(=O)c2ccc(NN)c(C)c2)cc1F. The van der Waals surface area contributed by atoms with Gasteiger partial charge in [0, 0.05) is 11.3 Å². The molecule has 2 aromatic carbocycles. The Morgan fingerprint density at radius 1 is 1.10 bits per heavy atom. The van der Waals surface area contributed by atoms with E-state index in [1.165, 1.54) is 6.07 Å². The second-order valence-corrected chi connectivity index (χ2v) is 4.59. The van der Waals surface area contributed by atoms with Crippen molar-refractivity contribution in [3.63, 3.8) is 0 Å². The average Bonchev–Trinajstić information content (AvgIpc) is 2.42. The molecule has 104 valence electrons. The molecule has 0 radical (unpaired) electrons. The van der Waals surface area contributed by atoms with Crippen molar-refractivity contribution < 1.29 is 9.18 Å². The Labute approximate surface area is 116 Å². The van der Waals surface area contributed by atoms with E-state index in [0.717, 1.165) is 11.3 Å². The van der Waals surface area contributed by atoms with E-state index < -0.39 is 0 Å². The number of aryl methyl sites for hydroxylation is 2. The molecule has 0 fully saturated rings. The number of hydrogen-bond donors (Lipinski definition) is 3. The van der Waals surface area contributed by atoms with Crippen LogP contribution in [0.4, 0.5) is 15.8 Å². The number of rotatable bonds is 3. The highest BCUT2D eigenvalue weighted by Crippen LogP contribution is 2.18. The van der Waals surface area contributed by atoms with Crippen LogP contribution in [0.5, 0.6) is 0 Å². The van der Waals surface area contributed by atoms with E-state index in [0.29, 0.717) is 16.8 Å². The monoisotopic (exact) mass is 273 g/mol. The molecule has 0 aromatic heterocycles. The number of hydrazine groups is 1. The lowest BCUT2D eigenvalue weighted by Gasteiger charge is -2.09. The maximum absolute atomic E-state index is 13.4. The largest absolute Gasteiger partial charge is 0.324 e. The molecule has 0 aliphatic heterocycles. The van der Waals surface area contributed by atoms with Crippen LogP contribution in [0.2, 0.25) is 0 Å². The molecule has 0 spiro atoms. The van der Waals surface area contributed by atoms with Crippen molar-refractivity contribution in [1.82, 2.24) is 0 Å². The van der Waals surface area contributed by atoms with Crippen molar-refractivity contribution >= 4 is 17.3 Å². The molecule has 0 saturated carbocycles. The Kier molecular flexibility index (Phi) is 4.00. The highest BCUT2D eigenvalue weighted by atomic mass is 19.1. The summed E-state index contributed by atoms with van der Waals surface area (Å²) >= 11 is 0. The third kappa shape index (κ3) is 2.95. The molecule has 0 aliphatic rings. The van der Waals surface area contributed by atoms with Gasteiger partial charge in [-0.15, -0.1) is 0 Å². The second-order valence-electron chi connectivity index (χ2n) is 4.59. The van der Waals surface area contributed by atoms with Gasteiger partial charge in [-0.25, -0.2) is 4.39 Å². The molecule has 4 nitrogen and oxygen atoms in total. The molecule has 0 aliphatic carbocycles. The summed E-state index contributed by atoms with van der Waals surface area (Å²) in [6, 6.07) is 9.68. The zero-order valence-corrected chi connectivity index (χ0v) is 11.3. The van der Waals surface area contributed by atoms with E-state index in [9.17, 15) is 9.18 Å². The molecule has 0 unspecified atom stereocenters. The van der Waals surface area contributed by atoms with E-state index in [4.69, 9.17) is 5.84 Å². The molecule has 2 aromatic rings. The predicted octanol–water partition coefficient (Wildman–Crippen LogP) is 2.98. The number of hydrogen-bond acceptors (Lipinski definition) is 3. The maximum Gasteiger partial charge on any atom is 0.255 e. The van der Waals surface area contributed by atoms with Crippen LogP contribution in [0.1, 0.15) is 21.5 Å². The fourth-order valence-electron chi connectivity index (χ4n) is 1.84. The summed E-state index contributed by atoms with van der Waals surface area (Å²) in [6.07, 6.45) is 0. The van der Waals surface area contributed by atoms with Crippen molar-refractivity contribution in [3.8, 4) is 0 Å². The van der Waals surface area contributed by atoms with Crippen molar-refractivity contribution in [1.29, 1.82) is 0 Å². The Hall–Kier alpha value is -2.40. The van der Waals surface area contributed by atoms with Crippen LogP contribution >= 0.6 is 0 Å². The minimum absolute atomic E-state index is 0.292. The quantitative estimate of drug-likeness (QED) is 0.595. The first kappa shape index (κ1) is 14.0. The highest BCUT2D eigenvalue weighted by molar-refractivity contribution is 6.04. The van der Waals surface area contributed by atoms with Gasteiger partial charge in [0.05, 0.1) is 5.69 Å². The van der Waals surface area contributed by atoms with Crippen LogP contribution in [0.3, 0.4) is 0 Å². The lowest BCUT2D eigenvalue weighted by molar-refractivity contribution is 0.102. The van der Waals surface area contributed by atoms with Gasteiger partial charge in [-0.1, -0.05) is 6.07 Å². The molecule has 5 heteroatoms. The first-order valence-electron chi connectivity index (χ1n) is 6.16. The third-order valence-corrected chi connectivity index (χ3v) is 3.07. The first-order valence-corrected chi connectivity index (χ1v) is 6.16. The van der Waals surface area contributed by atoms with Crippen LogP contribution < -0.4 is 16.6 Å². The summed E-state index contributed by atoms with van der Waals surface area (Å²) in [5.41, 5.74) is 5.61. The number of anilines is 2. The fraction of sp³-hybridized carbons (Fsp3) is 0.133. The normalized spacial score (nSPS) is 10.2. The van der Waals surface area contributed by atoms with Gasteiger partial charge in [-0.3, -0.25) is 10.6 Å². The maximum atomic E-state index is 13.4. The number of carbonyl (C=O) groups is 1. The molecule has 0 bridgehead atoms. The van der Waals surface area contributed by atoms with E-state index in [1.54, 1.807) is 37.3 Å². The number of benzene rings is 2. The Morgan fingerprint density at radius 2 is 1.85 bits per heavy atom. The van der Waals surface area contributed by atoms with Gasteiger partial charge >= 0.3 is 0 Å². The Morgan fingerprint density at radius 3 is 2.45 bits per heavy atom. The van der Waals surface area contributed by atoms with Crippen LogP contribution in [-0.4, -0.2) is 5.91 Å². The number of nitrogen functional groups attached to an aromatic ring is 1. The minimum Gasteiger partial charge on any atom is -0.324 e. The summed E-state index contributed by atoms with van der Waals surface area (Å²) in [7, 11) is 0. The van der Waals surface area contributed by atoms with E-state index in [2.05, 4.69) is 10.7 Å². The molecule has 4 N–H and O–H groups in total. The molecule has 0 saturated heterocycles. The summed E-state index contributed by atoms with van der Waals surface area (Å²) in [5.74, 6) is 4.70. The van der Waals surface area contributed by atoms with Gasteiger partial charge in [-0.2, -0.15) is 0 Å². The van der Waals surface area contributed by atoms with Crippen molar-refractivity contribution in [2.45, 2.75) is 13.8 Å². The molecule has 20 heavy (non-hydrogen) atoms. The zero-order valence-electron chi connectivity index (χ0n) is 11.3. The Balaban J connectivity index is 2.19. The third-order valence-electron chi connectivity index (χ3n) is 3.07. The molecule has 0 heterocycles. The van der Waals surface area contributed by atoms with Crippen LogP contribution in [0.25, 0.3) is 0 Å². The first-order chi connectivity index (χ1) is 9.51. The van der Waals surface area contributed by atoms with Gasteiger partial charge < -0.3 is 10.7 Å². The van der Waals surface area contributed by atoms with Crippen molar-refractivity contribution in [2.24, 2.45) is 5.84 Å². The van der Waals surface area contributed by atoms with E-state index >= 15 is 0 Å². The topological polar surface area (TPSA) is 67.2 Å². The van der Waals surface area contributed by atoms with Gasteiger partial charge in [-0.05, 0) is 55.3 Å². The predicted molar refractivity (Wildman–Crippen MR) is 78.1 cm³/mol. The standard InChI is InChI=1S/C15H16FN3O/c1-9-3-5-12(8-13(9)16)18-15(20)11-4-6-14(19-17)10(2)7-11/h3-8,19H,17H2,1-2H3,(H,18,20). The fourth-order valence-corrected chi connectivity index (χ4v) is 1.84. The van der Waals surface area contributed by atoms with E-state index in [1.807, 2.05) is 6.92 Å². The average molecular weight is 273 g/mol. The number of amides is 1. The zero-order chi connectivity index (χ0) is 14.7. The smallest absolute Gasteiger partial charge is 0.255 e. The summed E-state index contributed by atoms with van der Waals surface area (Å²) in [5, 5.41) is 2.66. The molecule has 0 atom stereocenters. The minimum atomic E-state index is -0.346. The molecular formula is C15H16FN3O. The number of carbonyl (C=O) groups excluding carboxylic acids is 1. The van der Waals surface area contributed by atoms with Crippen molar-refractivity contribution in [3.05, 3.63) is 58.9 Å². The van der Waals surface area contributed by atoms with Gasteiger partial charge in [0.2, 0.25) is 0 Å². The van der Waals surface area contributed by atoms with Gasteiger partial charge in [0.25, 0.3) is 5.91 Å². The second kappa shape index (κ2) is 5.71. The summed E-state index contributed by atoms with van der Waals surface area (Å²) in [4.78, 5) is 12.1. The van der Waals surface area contributed by atoms with Crippen LogP contribution in [0, 0.1) is 19.7 Å². The number of nitrogens with one attached hydrogen (secondary N) is 2. The van der Waals surface area contributed by atoms with Crippen LogP contribution in [-0.2, 0) is 0 Å². The van der Waals surface area contributed by atoms with Crippen LogP contribution in [0.15, 0.2) is 36.4 Å². The number of nitrogens with two attached hydrogens (primary N) is 1. The van der Waals surface area contributed by atoms with Gasteiger partial charge in [0.15, 0.2) is 0 Å². The molecule has 1 amide bonds. The van der Waals surface area contributed by atoms with E-state index in [-0.39, 0.29) is 11.7 Å².